The van der Waals surface area contributed by atoms with Gasteiger partial charge in [0.2, 0.25) is 0 Å². The van der Waals surface area contributed by atoms with E-state index >= 15 is 0 Å². The first-order valence-corrected chi connectivity index (χ1v) is 12.6. The number of fused-ring (bicyclic) bond motifs is 1. The van der Waals surface area contributed by atoms with Crippen molar-refractivity contribution >= 4 is 34.8 Å². The molecule has 188 valence electrons. The molecule has 1 aliphatic heterocycles. The second-order valence-electron chi connectivity index (χ2n) is 9.94. The van der Waals surface area contributed by atoms with Gasteiger partial charge in [-0.2, -0.15) is 0 Å². The first-order valence-electron chi connectivity index (χ1n) is 12.6. The van der Waals surface area contributed by atoms with Crippen molar-refractivity contribution in [1.29, 1.82) is 5.41 Å². The van der Waals surface area contributed by atoms with Crippen LogP contribution in [0, 0.1) is 25.2 Å². The van der Waals surface area contributed by atoms with Crippen LogP contribution in [-0.4, -0.2) is 47.0 Å². The molecule has 1 aromatic carbocycles. The molecule has 1 unspecified atom stereocenters. The largest absolute Gasteiger partial charge is 0.460 e. The molecule has 2 amide bonds. The normalized spacial score (nSPS) is 18.4. The molecule has 3 aromatic rings. The molecule has 1 saturated carbocycles. The molecule has 3 N–H and O–H groups in total. The Kier molecular flexibility index (Phi) is 6.43. The Bertz CT molecular complexity index is 1360. The average molecular weight is 489 g/mol. The van der Waals surface area contributed by atoms with E-state index in [4.69, 9.17) is 14.6 Å². The van der Waals surface area contributed by atoms with Crippen molar-refractivity contribution in [3.63, 3.8) is 0 Å². The highest BCUT2D eigenvalue weighted by molar-refractivity contribution is 6.07. The van der Waals surface area contributed by atoms with Crippen LogP contribution in [0.5, 0.6) is 5.75 Å². The van der Waals surface area contributed by atoms with Gasteiger partial charge < -0.3 is 29.8 Å². The number of rotatable bonds is 7. The highest BCUT2D eigenvalue weighted by Gasteiger charge is 2.28. The molecule has 36 heavy (non-hydrogen) atoms. The Balaban J connectivity index is 1.39. The quantitative estimate of drug-likeness (QED) is 0.313. The number of nitrogens with zero attached hydrogens (tertiary/aromatic N) is 1. The van der Waals surface area contributed by atoms with Crippen molar-refractivity contribution in [1.82, 2.24) is 15.2 Å². The van der Waals surface area contributed by atoms with Crippen molar-refractivity contribution in [3.8, 4) is 5.75 Å². The van der Waals surface area contributed by atoms with E-state index in [-0.39, 0.29) is 17.9 Å². The number of aromatic amines is 1. The van der Waals surface area contributed by atoms with Crippen LogP contribution in [0.2, 0.25) is 0 Å². The van der Waals surface area contributed by atoms with Gasteiger partial charge in [0, 0.05) is 49.1 Å². The van der Waals surface area contributed by atoms with Crippen molar-refractivity contribution in [2.24, 2.45) is 5.92 Å². The summed E-state index contributed by atoms with van der Waals surface area (Å²) in [5.74, 6) is 1.89. The Morgan fingerprint density at radius 2 is 2.06 bits per heavy atom. The number of amides is 2. The summed E-state index contributed by atoms with van der Waals surface area (Å²) in [6, 6.07) is 5.60. The topological polar surface area (TPSA) is 111 Å². The van der Waals surface area contributed by atoms with Crippen LogP contribution in [0.25, 0.3) is 16.7 Å². The molecule has 2 aromatic heterocycles. The first kappa shape index (κ1) is 23.9. The molecule has 2 aliphatic rings. The van der Waals surface area contributed by atoms with Crippen LogP contribution in [0.1, 0.15) is 70.3 Å². The van der Waals surface area contributed by atoms with Crippen LogP contribution in [0.3, 0.4) is 0 Å². The van der Waals surface area contributed by atoms with Crippen LogP contribution in [0.4, 0.5) is 0 Å². The predicted molar refractivity (Wildman–Crippen MR) is 139 cm³/mol. The molecule has 0 radical (unpaired) electrons. The summed E-state index contributed by atoms with van der Waals surface area (Å²) in [6.07, 6.45) is 8.60. The maximum atomic E-state index is 13.0. The Morgan fingerprint density at radius 1 is 1.25 bits per heavy atom. The SMILES string of the molecule is Cc1oc2cc(O/C(=C/C=N)c3[nH]cc(C(=O)N4CCC(C)C4)c3C)ccc2c1C(=O)NC1CCC1. The second-order valence-corrected chi connectivity index (χ2v) is 9.94. The molecule has 5 rings (SSSR count). The third-order valence-corrected chi connectivity index (χ3v) is 7.30. The van der Waals surface area contributed by atoms with Gasteiger partial charge >= 0.3 is 0 Å². The third kappa shape index (κ3) is 4.43. The molecular weight excluding hydrogens is 456 g/mol. The average Bonchev–Trinajstić information content (AvgIpc) is 3.51. The summed E-state index contributed by atoms with van der Waals surface area (Å²) in [4.78, 5) is 30.9. The number of H-pyrrole nitrogens is 1. The van der Waals surface area contributed by atoms with Gasteiger partial charge in [-0.25, -0.2) is 0 Å². The minimum Gasteiger partial charge on any atom is -0.460 e. The highest BCUT2D eigenvalue weighted by atomic mass is 16.5. The number of furan rings is 1. The number of nitrogens with one attached hydrogen (secondary N) is 3. The number of ether oxygens (including phenoxy) is 1. The number of aromatic nitrogens is 1. The minimum absolute atomic E-state index is 0.00809. The van der Waals surface area contributed by atoms with E-state index in [0.29, 0.717) is 45.6 Å². The zero-order valence-electron chi connectivity index (χ0n) is 20.9. The molecule has 0 bridgehead atoms. The van der Waals surface area contributed by atoms with E-state index < -0.39 is 0 Å². The molecule has 2 fully saturated rings. The maximum absolute atomic E-state index is 13.0. The molecular formula is C28H32N4O4. The fourth-order valence-corrected chi connectivity index (χ4v) is 4.99. The van der Waals surface area contributed by atoms with Gasteiger partial charge in [-0.3, -0.25) is 9.59 Å². The number of aryl methyl sites for hydroxylation is 1. The third-order valence-electron chi connectivity index (χ3n) is 7.30. The van der Waals surface area contributed by atoms with E-state index in [2.05, 4.69) is 17.2 Å². The minimum atomic E-state index is -0.111. The van der Waals surface area contributed by atoms with Crippen molar-refractivity contribution in [2.45, 2.75) is 52.5 Å². The first-order chi connectivity index (χ1) is 17.4. The maximum Gasteiger partial charge on any atom is 0.255 e. The summed E-state index contributed by atoms with van der Waals surface area (Å²) in [5.41, 5.74) is 3.14. The summed E-state index contributed by atoms with van der Waals surface area (Å²) in [7, 11) is 0. The molecule has 3 heterocycles. The number of benzene rings is 1. The van der Waals surface area contributed by atoms with Gasteiger partial charge in [0.15, 0.2) is 5.76 Å². The van der Waals surface area contributed by atoms with Crippen LogP contribution in [0.15, 0.2) is 34.9 Å². The van der Waals surface area contributed by atoms with Gasteiger partial charge in [-0.1, -0.05) is 6.92 Å². The zero-order chi connectivity index (χ0) is 25.4. The highest BCUT2D eigenvalue weighted by Crippen LogP contribution is 2.32. The summed E-state index contributed by atoms with van der Waals surface area (Å²) in [5, 5.41) is 11.4. The predicted octanol–water partition coefficient (Wildman–Crippen LogP) is 5.21. The Morgan fingerprint density at radius 3 is 2.72 bits per heavy atom. The molecule has 1 saturated heterocycles. The Labute approximate surface area is 210 Å². The van der Waals surface area contributed by atoms with E-state index in [1.54, 1.807) is 31.3 Å². The smallest absolute Gasteiger partial charge is 0.255 e. The summed E-state index contributed by atoms with van der Waals surface area (Å²) < 4.78 is 12.1. The van der Waals surface area contributed by atoms with Gasteiger partial charge in [-0.15, -0.1) is 0 Å². The number of hydrogen-bond acceptors (Lipinski definition) is 5. The molecule has 0 spiro atoms. The van der Waals surface area contributed by atoms with E-state index in [1.165, 1.54) is 0 Å². The monoisotopic (exact) mass is 488 g/mol. The Hall–Kier alpha value is -3.81. The lowest BCUT2D eigenvalue weighted by Gasteiger charge is -2.26. The number of hydrogen-bond donors (Lipinski definition) is 3. The van der Waals surface area contributed by atoms with Crippen LogP contribution in [-0.2, 0) is 0 Å². The fraction of sp³-hybridized carbons (Fsp3) is 0.393. The van der Waals surface area contributed by atoms with Gasteiger partial charge in [-0.05, 0) is 63.1 Å². The standard InChI is InChI=1S/C28H32N4O4/c1-16-10-12-32(15-16)28(34)22-14-30-26(17(22)2)23(9-11-29)36-20-7-8-21-24(13-20)35-18(3)25(21)27(33)31-19-5-4-6-19/h7-9,11,13-14,16,19,29-30H,4-6,10,12,15H2,1-3H3,(H,31,33)/b23-9+,29-11?. The van der Waals surface area contributed by atoms with E-state index in [0.717, 1.165) is 55.9 Å². The van der Waals surface area contributed by atoms with Crippen molar-refractivity contribution in [3.05, 3.63) is 58.6 Å². The van der Waals surface area contributed by atoms with Gasteiger partial charge in [0.05, 0.1) is 16.8 Å². The van der Waals surface area contributed by atoms with Gasteiger partial charge in [0.1, 0.15) is 17.1 Å². The second kappa shape index (κ2) is 9.68. The number of carbonyl (C=O) groups excluding carboxylic acids is 2. The molecule has 1 atom stereocenters. The number of allylic oxidation sites excluding steroid dienone is 1. The zero-order valence-corrected chi connectivity index (χ0v) is 20.9. The molecule has 8 heteroatoms. The molecule has 1 aliphatic carbocycles. The van der Waals surface area contributed by atoms with Crippen molar-refractivity contribution < 1.29 is 18.7 Å². The summed E-state index contributed by atoms with van der Waals surface area (Å²) >= 11 is 0. The lowest BCUT2D eigenvalue weighted by Crippen LogP contribution is -2.39. The fourth-order valence-electron chi connectivity index (χ4n) is 4.99. The number of carbonyl (C=O) groups is 2. The summed E-state index contributed by atoms with van der Waals surface area (Å²) in [6.45, 7) is 7.36. The lowest BCUT2D eigenvalue weighted by molar-refractivity contribution is 0.0787. The van der Waals surface area contributed by atoms with E-state index in [1.807, 2.05) is 17.9 Å². The van der Waals surface area contributed by atoms with Crippen LogP contribution < -0.4 is 10.1 Å². The van der Waals surface area contributed by atoms with Crippen molar-refractivity contribution in [2.75, 3.05) is 13.1 Å². The molecule has 8 nitrogen and oxygen atoms in total. The lowest BCUT2D eigenvalue weighted by atomic mass is 9.93. The van der Waals surface area contributed by atoms with Crippen LogP contribution >= 0.6 is 0 Å². The van der Waals surface area contributed by atoms with Gasteiger partial charge in [0.25, 0.3) is 11.8 Å². The van der Waals surface area contributed by atoms with E-state index in [9.17, 15) is 9.59 Å². The number of likely N-dealkylation sites (tertiary alicyclic amines) is 1.